The Morgan fingerprint density at radius 2 is 1.89 bits per heavy atom. The van der Waals surface area contributed by atoms with Gasteiger partial charge in [0.25, 0.3) is 0 Å². The van der Waals surface area contributed by atoms with Crippen molar-refractivity contribution in [2.75, 3.05) is 25.5 Å². The second kappa shape index (κ2) is 12.4. The first-order valence-electron chi connectivity index (χ1n) is 12.3. The summed E-state index contributed by atoms with van der Waals surface area (Å²) >= 11 is 0. The van der Waals surface area contributed by atoms with Crippen LogP contribution in [0.15, 0.2) is 42.5 Å². The largest absolute Gasteiger partial charge is 0.469 e. The van der Waals surface area contributed by atoms with Crippen molar-refractivity contribution in [2.24, 2.45) is 0 Å². The lowest BCUT2D eigenvalue weighted by atomic mass is 9.90. The van der Waals surface area contributed by atoms with Gasteiger partial charge >= 0.3 is 18.1 Å². The van der Waals surface area contributed by atoms with Gasteiger partial charge in [0, 0.05) is 25.3 Å². The Hall–Kier alpha value is -3.62. The molecule has 0 bridgehead atoms. The molecule has 3 amide bonds. The van der Waals surface area contributed by atoms with Crippen molar-refractivity contribution >= 4 is 23.9 Å². The highest BCUT2D eigenvalue weighted by Crippen LogP contribution is 2.31. The van der Waals surface area contributed by atoms with Crippen LogP contribution >= 0.6 is 0 Å². The number of fused-ring (bicyclic) bond motifs is 1. The first-order chi connectivity index (χ1) is 17.1. The van der Waals surface area contributed by atoms with E-state index in [1.165, 1.54) is 7.11 Å². The summed E-state index contributed by atoms with van der Waals surface area (Å²) in [6.45, 7) is 6.96. The number of ether oxygens (including phenoxy) is 2. The fourth-order valence-corrected chi connectivity index (χ4v) is 4.17. The molecule has 9 heteroatoms. The van der Waals surface area contributed by atoms with E-state index in [4.69, 9.17) is 9.47 Å². The van der Waals surface area contributed by atoms with Gasteiger partial charge in [-0.15, -0.1) is 0 Å². The molecule has 36 heavy (non-hydrogen) atoms. The van der Waals surface area contributed by atoms with E-state index >= 15 is 0 Å². The molecule has 1 aromatic heterocycles. The van der Waals surface area contributed by atoms with Crippen LogP contribution in [0.5, 0.6) is 0 Å². The third-order valence-corrected chi connectivity index (χ3v) is 5.85. The molecule has 3 rings (SSSR count). The van der Waals surface area contributed by atoms with Gasteiger partial charge in [0.05, 0.1) is 13.5 Å². The Morgan fingerprint density at radius 1 is 1.11 bits per heavy atom. The predicted octanol–water partition coefficient (Wildman–Crippen LogP) is 4.62. The first-order valence-corrected chi connectivity index (χ1v) is 12.3. The molecule has 1 aliphatic heterocycles. The number of rotatable bonds is 7. The number of benzene rings is 1. The average Bonchev–Trinajstić information content (AvgIpc) is 3.00. The zero-order valence-electron chi connectivity index (χ0n) is 21.5. The molecule has 9 nitrogen and oxygen atoms in total. The number of nitrogens with zero attached hydrogens (tertiary/aromatic N) is 2. The van der Waals surface area contributed by atoms with Crippen LogP contribution in [0.25, 0.3) is 0 Å². The smallest absolute Gasteiger partial charge is 0.413 e. The van der Waals surface area contributed by atoms with E-state index in [1.807, 2.05) is 36.4 Å². The van der Waals surface area contributed by atoms with Crippen LogP contribution in [0.1, 0.15) is 62.8 Å². The van der Waals surface area contributed by atoms with E-state index < -0.39 is 11.7 Å². The average molecular weight is 497 g/mol. The van der Waals surface area contributed by atoms with Gasteiger partial charge in [0.2, 0.25) is 0 Å². The highest BCUT2D eigenvalue weighted by molar-refractivity contribution is 5.83. The molecule has 0 spiro atoms. The number of amides is 3. The SMILES string of the molecule is COC(=O)CC1CCN(C(=O)NCCCc2cccc(NC(=O)OC(C)(C)C)n2)Cc2ccccc21. The molecule has 2 N–H and O–H groups in total. The maximum Gasteiger partial charge on any atom is 0.413 e. The van der Waals surface area contributed by atoms with Crippen molar-refractivity contribution in [2.45, 2.75) is 64.5 Å². The Bertz CT molecular complexity index is 1070. The van der Waals surface area contributed by atoms with Crippen LogP contribution in [0.4, 0.5) is 15.4 Å². The molecular formula is C27H36N4O5. The summed E-state index contributed by atoms with van der Waals surface area (Å²) in [6, 6.07) is 13.2. The van der Waals surface area contributed by atoms with E-state index in [-0.39, 0.29) is 17.9 Å². The molecule has 194 valence electrons. The summed E-state index contributed by atoms with van der Waals surface area (Å²) in [4.78, 5) is 43.0. The summed E-state index contributed by atoms with van der Waals surface area (Å²) in [5.41, 5.74) is 2.38. The number of carbonyl (C=O) groups excluding carboxylic acids is 3. The van der Waals surface area contributed by atoms with Crippen LogP contribution in [0.3, 0.4) is 0 Å². The van der Waals surface area contributed by atoms with Crippen molar-refractivity contribution < 1.29 is 23.9 Å². The lowest BCUT2D eigenvalue weighted by Gasteiger charge is -2.21. The second-order valence-electron chi connectivity index (χ2n) is 9.86. The van der Waals surface area contributed by atoms with E-state index in [0.717, 1.165) is 16.8 Å². The molecule has 2 aromatic rings. The maximum absolute atomic E-state index is 12.9. The number of esters is 1. The third-order valence-electron chi connectivity index (χ3n) is 5.85. The standard InChI is InChI=1S/C27H36N4O5/c1-27(2,3)36-26(34)30-23-13-7-10-21(29-23)11-8-15-28-25(33)31-16-14-19(17-24(32)35-4)22-12-6-5-9-20(22)18-31/h5-7,9-10,12-13,19H,8,11,14-18H2,1-4H3,(H,28,33)(H,29,30,34). The van der Waals surface area contributed by atoms with Crippen LogP contribution in [-0.4, -0.2) is 53.8 Å². The number of aryl methyl sites for hydroxylation is 1. The number of hydrogen-bond acceptors (Lipinski definition) is 6. The molecule has 0 saturated heterocycles. The van der Waals surface area contributed by atoms with Crippen LogP contribution in [0.2, 0.25) is 0 Å². The van der Waals surface area contributed by atoms with Crippen LogP contribution in [-0.2, 0) is 27.2 Å². The molecule has 2 heterocycles. The minimum absolute atomic E-state index is 0.0269. The van der Waals surface area contributed by atoms with Gasteiger partial charge in [-0.2, -0.15) is 0 Å². The Labute approximate surface area is 212 Å². The van der Waals surface area contributed by atoms with Gasteiger partial charge in [-0.1, -0.05) is 30.3 Å². The van der Waals surface area contributed by atoms with Gasteiger partial charge in [0.1, 0.15) is 11.4 Å². The van der Waals surface area contributed by atoms with E-state index in [9.17, 15) is 14.4 Å². The van der Waals surface area contributed by atoms with Gasteiger partial charge in [-0.3, -0.25) is 10.1 Å². The maximum atomic E-state index is 12.9. The quantitative estimate of drug-likeness (QED) is 0.427. The molecular weight excluding hydrogens is 460 g/mol. The summed E-state index contributed by atoms with van der Waals surface area (Å²) < 4.78 is 10.1. The minimum Gasteiger partial charge on any atom is -0.469 e. The lowest BCUT2D eigenvalue weighted by Crippen LogP contribution is -2.40. The molecule has 0 saturated carbocycles. The molecule has 0 fully saturated rings. The van der Waals surface area contributed by atoms with Crippen molar-refractivity contribution in [3.63, 3.8) is 0 Å². The summed E-state index contributed by atoms with van der Waals surface area (Å²) in [5.74, 6) is 0.210. The molecule has 0 aliphatic carbocycles. The zero-order valence-corrected chi connectivity index (χ0v) is 21.5. The topological polar surface area (TPSA) is 110 Å². The molecule has 0 radical (unpaired) electrons. The number of carbonyl (C=O) groups is 3. The number of aromatic nitrogens is 1. The number of hydrogen-bond donors (Lipinski definition) is 2. The normalized spacial score (nSPS) is 15.3. The lowest BCUT2D eigenvalue weighted by molar-refractivity contribution is -0.141. The fraction of sp³-hybridized carbons (Fsp3) is 0.481. The molecule has 1 aliphatic rings. The van der Waals surface area contributed by atoms with E-state index in [0.29, 0.717) is 51.1 Å². The zero-order chi connectivity index (χ0) is 26.1. The Kier molecular flexibility index (Phi) is 9.27. The fourth-order valence-electron chi connectivity index (χ4n) is 4.17. The van der Waals surface area contributed by atoms with Gasteiger partial charge < -0.3 is 19.7 Å². The Balaban J connectivity index is 1.49. The first kappa shape index (κ1) is 27.0. The summed E-state index contributed by atoms with van der Waals surface area (Å²) in [6.07, 6.45) is 1.80. The monoisotopic (exact) mass is 496 g/mol. The van der Waals surface area contributed by atoms with Gasteiger partial charge in [-0.05, 0) is 69.2 Å². The van der Waals surface area contributed by atoms with E-state index in [1.54, 1.807) is 31.7 Å². The van der Waals surface area contributed by atoms with Crippen LogP contribution in [0, 0.1) is 0 Å². The highest BCUT2D eigenvalue weighted by Gasteiger charge is 2.26. The van der Waals surface area contributed by atoms with Crippen molar-refractivity contribution in [3.05, 3.63) is 59.3 Å². The second-order valence-corrected chi connectivity index (χ2v) is 9.86. The predicted molar refractivity (Wildman–Crippen MR) is 137 cm³/mol. The number of methoxy groups -OCH3 is 1. The highest BCUT2D eigenvalue weighted by atomic mass is 16.6. The number of nitrogens with one attached hydrogen (secondary N) is 2. The Morgan fingerprint density at radius 3 is 2.64 bits per heavy atom. The summed E-state index contributed by atoms with van der Waals surface area (Å²) in [7, 11) is 1.40. The van der Waals surface area contributed by atoms with Gasteiger partial charge in [0.15, 0.2) is 0 Å². The van der Waals surface area contributed by atoms with E-state index in [2.05, 4.69) is 15.6 Å². The number of anilines is 1. The van der Waals surface area contributed by atoms with Gasteiger partial charge in [-0.25, -0.2) is 14.6 Å². The molecule has 1 aromatic carbocycles. The van der Waals surface area contributed by atoms with Crippen molar-refractivity contribution in [3.8, 4) is 0 Å². The van der Waals surface area contributed by atoms with Crippen LogP contribution < -0.4 is 10.6 Å². The molecule has 1 atom stereocenters. The number of pyridine rings is 1. The number of urea groups is 1. The van der Waals surface area contributed by atoms with Crippen molar-refractivity contribution in [1.29, 1.82) is 0 Å². The summed E-state index contributed by atoms with van der Waals surface area (Å²) in [5, 5.41) is 5.64. The minimum atomic E-state index is -0.586. The van der Waals surface area contributed by atoms with Crippen molar-refractivity contribution in [1.82, 2.24) is 15.2 Å². The molecule has 1 unspecified atom stereocenters. The third kappa shape index (κ3) is 8.25.